The van der Waals surface area contributed by atoms with Crippen molar-refractivity contribution in [2.75, 3.05) is 0 Å². The van der Waals surface area contributed by atoms with Crippen LogP contribution >= 0.6 is 0 Å². The zero-order valence-corrected chi connectivity index (χ0v) is 8.56. The van der Waals surface area contributed by atoms with Crippen LogP contribution in [0.1, 0.15) is 40.0 Å². The van der Waals surface area contributed by atoms with Gasteiger partial charge in [0.25, 0.3) is 0 Å². The van der Waals surface area contributed by atoms with Crippen molar-refractivity contribution < 1.29 is 0 Å². The highest BCUT2D eigenvalue weighted by Crippen LogP contribution is 2.06. The van der Waals surface area contributed by atoms with Crippen LogP contribution in [0.4, 0.5) is 0 Å². The molecule has 0 radical (unpaired) electrons. The first kappa shape index (κ1) is 11.2. The van der Waals surface area contributed by atoms with Crippen LogP contribution in [0.2, 0.25) is 0 Å². The van der Waals surface area contributed by atoms with Crippen LogP contribution in [-0.2, 0) is 0 Å². The monoisotopic (exact) mass is 164 g/mol. The van der Waals surface area contributed by atoms with Crippen LogP contribution in [0.15, 0.2) is 36.0 Å². The lowest BCUT2D eigenvalue weighted by Gasteiger charge is -1.96. The number of hydrogen-bond donors (Lipinski definition) is 0. The van der Waals surface area contributed by atoms with Gasteiger partial charge in [-0.05, 0) is 25.3 Å². The fraction of sp³-hybridized carbons (Fsp3) is 0.500. The first-order valence-electron chi connectivity index (χ1n) is 4.73. The Labute approximate surface area is 76.7 Å². The van der Waals surface area contributed by atoms with E-state index in [4.69, 9.17) is 0 Å². The average Bonchev–Trinajstić information content (AvgIpc) is 2.07. The quantitative estimate of drug-likeness (QED) is 0.533. The third-order valence-corrected chi connectivity index (χ3v) is 1.90. The second-order valence-corrected chi connectivity index (χ2v) is 3.06. The molecule has 0 aromatic rings. The van der Waals surface area contributed by atoms with Gasteiger partial charge in [0.1, 0.15) is 0 Å². The van der Waals surface area contributed by atoms with E-state index in [-0.39, 0.29) is 0 Å². The van der Waals surface area contributed by atoms with E-state index in [9.17, 15) is 0 Å². The summed E-state index contributed by atoms with van der Waals surface area (Å²) >= 11 is 0. The van der Waals surface area contributed by atoms with Crippen LogP contribution in [0.3, 0.4) is 0 Å². The molecule has 0 aliphatic heterocycles. The molecule has 0 nitrogen and oxygen atoms in total. The largest absolute Gasteiger partial charge is 0.0988 e. The van der Waals surface area contributed by atoms with Crippen LogP contribution in [0, 0.1) is 0 Å². The zero-order valence-electron chi connectivity index (χ0n) is 8.56. The van der Waals surface area contributed by atoms with Crippen molar-refractivity contribution in [1.29, 1.82) is 0 Å². The van der Waals surface area contributed by atoms with Gasteiger partial charge in [0.05, 0.1) is 0 Å². The summed E-state index contributed by atoms with van der Waals surface area (Å²) < 4.78 is 0. The summed E-state index contributed by atoms with van der Waals surface area (Å²) in [4.78, 5) is 0. The maximum Gasteiger partial charge on any atom is -0.0308 e. The van der Waals surface area contributed by atoms with Gasteiger partial charge in [-0.3, -0.25) is 0 Å². The summed E-state index contributed by atoms with van der Waals surface area (Å²) in [5.74, 6) is 0. The summed E-state index contributed by atoms with van der Waals surface area (Å²) in [6, 6.07) is 0. The summed E-state index contributed by atoms with van der Waals surface area (Å²) in [5, 5.41) is 0. The minimum Gasteiger partial charge on any atom is -0.0988 e. The molecule has 12 heavy (non-hydrogen) atoms. The Kier molecular flexibility index (Phi) is 6.45. The smallest absolute Gasteiger partial charge is 0.0308 e. The predicted molar refractivity (Wildman–Crippen MR) is 57.2 cm³/mol. The molecule has 0 aliphatic carbocycles. The highest BCUT2D eigenvalue weighted by atomic mass is 13.9. The van der Waals surface area contributed by atoms with Gasteiger partial charge in [-0.25, -0.2) is 0 Å². The lowest BCUT2D eigenvalue weighted by Crippen LogP contribution is -1.75. The van der Waals surface area contributed by atoms with Crippen molar-refractivity contribution in [2.45, 2.75) is 40.0 Å². The van der Waals surface area contributed by atoms with E-state index in [1.165, 1.54) is 24.0 Å². The van der Waals surface area contributed by atoms with Crippen molar-refractivity contribution >= 4 is 0 Å². The molecule has 0 fully saturated rings. The minimum absolute atomic E-state index is 1.07. The lowest BCUT2D eigenvalue weighted by molar-refractivity contribution is 0.905. The minimum atomic E-state index is 1.07. The SMILES string of the molecule is C=C/C(=C\C=C(/C)CCC)CC. The molecule has 0 saturated heterocycles. The Morgan fingerprint density at radius 2 is 1.92 bits per heavy atom. The van der Waals surface area contributed by atoms with Crippen molar-refractivity contribution in [3.63, 3.8) is 0 Å². The predicted octanol–water partition coefficient (Wildman–Crippen LogP) is 4.26. The third-order valence-electron chi connectivity index (χ3n) is 1.90. The van der Waals surface area contributed by atoms with Gasteiger partial charge in [0.2, 0.25) is 0 Å². The number of allylic oxidation sites excluding steroid dienone is 5. The Morgan fingerprint density at radius 1 is 1.25 bits per heavy atom. The van der Waals surface area contributed by atoms with Crippen LogP contribution in [0.5, 0.6) is 0 Å². The van der Waals surface area contributed by atoms with Gasteiger partial charge in [-0.1, -0.05) is 50.6 Å². The molecule has 0 N–H and O–H groups in total. The summed E-state index contributed by atoms with van der Waals surface area (Å²) in [6.07, 6.45) is 9.79. The molecule has 0 aromatic carbocycles. The molecule has 0 bridgehead atoms. The van der Waals surface area contributed by atoms with E-state index >= 15 is 0 Å². The van der Waals surface area contributed by atoms with Gasteiger partial charge < -0.3 is 0 Å². The Hall–Kier alpha value is -0.780. The molecular formula is C12H20. The zero-order chi connectivity index (χ0) is 9.40. The van der Waals surface area contributed by atoms with Gasteiger partial charge in [-0.15, -0.1) is 0 Å². The first-order chi connectivity index (χ1) is 5.74. The maximum absolute atomic E-state index is 3.76. The van der Waals surface area contributed by atoms with Gasteiger partial charge in [0.15, 0.2) is 0 Å². The lowest BCUT2D eigenvalue weighted by atomic mass is 10.1. The molecule has 0 aliphatic rings. The molecule has 0 unspecified atom stereocenters. The molecule has 0 atom stereocenters. The van der Waals surface area contributed by atoms with E-state index in [0.717, 1.165) is 6.42 Å². The molecule has 68 valence electrons. The maximum atomic E-state index is 3.76. The van der Waals surface area contributed by atoms with Gasteiger partial charge >= 0.3 is 0 Å². The fourth-order valence-electron chi connectivity index (χ4n) is 1.06. The molecule has 0 heteroatoms. The molecular weight excluding hydrogens is 144 g/mol. The van der Waals surface area contributed by atoms with E-state index in [2.05, 4.69) is 39.5 Å². The summed E-state index contributed by atoms with van der Waals surface area (Å²) in [5.41, 5.74) is 2.76. The Balaban J connectivity index is 4.13. The number of hydrogen-bond acceptors (Lipinski definition) is 0. The van der Waals surface area contributed by atoms with Gasteiger partial charge in [-0.2, -0.15) is 0 Å². The Bertz CT molecular complexity index is 182. The van der Waals surface area contributed by atoms with Crippen molar-refractivity contribution in [3.8, 4) is 0 Å². The molecule has 0 aromatic heterocycles. The van der Waals surface area contributed by atoms with E-state index < -0.39 is 0 Å². The normalized spacial score (nSPS) is 13.2. The second kappa shape index (κ2) is 6.90. The highest BCUT2D eigenvalue weighted by Gasteiger charge is 1.86. The standard InChI is InChI=1S/C12H20/c1-5-8-11(4)9-10-12(6-2)7-3/h6,9-10H,2,5,7-8H2,1,3-4H3/b11-9+,12-10+. The number of rotatable bonds is 5. The topological polar surface area (TPSA) is 0 Å². The van der Waals surface area contributed by atoms with Crippen LogP contribution in [0.25, 0.3) is 0 Å². The van der Waals surface area contributed by atoms with Crippen LogP contribution in [-0.4, -0.2) is 0 Å². The second-order valence-electron chi connectivity index (χ2n) is 3.06. The Morgan fingerprint density at radius 3 is 2.33 bits per heavy atom. The van der Waals surface area contributed by atoms with E-state index in [1.54, 1.807) is 0 Å². The van der Waals surface area contributed by atoms with E-state index in [0.29, 0.717) is 0 Å². The van der Waals surface area contributed by atoms with Crippen molar-refractivity contribution in [3.05, 3.63) is 36.0 Å². The summed E-state index contributed by atoms with van der Waals surface area (Å²) in [6.45, 7) is 10.3. The summed E-state index contributed by atoms with van der Waals surface area (Å²) in [7, 11) is 0. The first-order valence-corrected chi connectivity index (χ1v) is 4.73. The van der Waals surface area contributed by atoms with Gasteiger partial charge in [0, 0.05) is 0 Å². The molecule has 0 heterocycles. The molecule has 0 rings (SSSR count). The fourth-order valence-corrected chi connectivity index (χ4v) is 1.06. The van der Waals surface area contributed by atoms with Crippen molar-refractivity contribution in [2.24, 2.45) is 0 Å². The third kappa shape index (κ3) is 4.95. The average molecular weight is 164 g/mol. The van der Waals surface area contributed by atoms with Crippen LogP contribution < -0.4 is 0 Å². The highest BCUT2D eigenvalue weighted by molar-refractivity contribution is 5.23. The molecule has 0 spiro atoms. The molecule has 0 amide bonds. The molecule has 0 saturated carbocycles. The van der Waals surface area contributed by atoms with E-state index in [1.807, 2.05) is 6.08 Å². The van der Waals surface area contributed by atoms with Crippen molar-refractivity contribution in [1.82, 2.24) is 0 Å².